The number of benzene rings is 1. The summed E-state index contributed by atoms with van der Waals surface area (Å²) in [7, 11) is 0. The number of nitrogens with zero attached hydrogens (tertiary/aromatic N) is 1. The lowest BCUT2D eigenvalue weighted by Crippen LogP contribution is -2.35. The van der Waals surface area contributed by atoms with Gasteiger partial charge in [-0.2, -0.15) is 0 Å². The van der Waals surface area contributed by atoms with Crippen molar-refractivity contribution in [3.05, 3.63) is 33.8 Å². The largest absolute Gasteiger partial charge is 0.329 e. The van der Waals surface area contributed by atoms with Gasteiger partial charge in [0.2, 0.25) is 0 Å². The van der Waals surface area contributed by atoms with Gasteiger partial charge >= 0.3 is 0 Å². The molecule has 0 aromatic heterocycles. The standard InChI is InChI=1S/C17H29BrN2/c1-4-6-10-20(11-7-5-2)17(13-19)15-9-8-14(3)12-16(15)18/h8-9,12,17H,4-7,10-11,13,19H2,1-3H3. The van der Waals surface area contributed by atoms with E-state index in [0.29, 0.717) is 12.6 Å². The van der Waals surface area contributed by atoms with Crippen molar-refractivity contribution in [2.24, 2.45) is 5.73 Å². The summed E-state index contributed by atoms with van der Waals surface area (Å²) in [5.74, 6) is 0. The molecule has 1 aromatic rings. The maximum atomic E-state index is 6.09. The summed E-state index contributed by atoms with van der Waals surface area (Å²) in [5, 5.41) is 0. The zero-order valence-corrected chi connectivity index (χ0v) is 14.7. The van der Waals surface area contributed by atoms with E-state index in [-0.39, 0.29) is 0 Å². The number of unbranched alkanes of at least 4 members (excludes halogenated alkanes) is 2. The van der Waals surface area contributed by atoms with Crippen LogP contribution in [0.4, 0.5) is 0 Å². The van der Waals surface area contributed by atoms with Gasteiger partial charge in [0.05, 0.1) is 0 Å². The molecule has 0 saturated heterocycles. The zero-order chi connectivity index (χ0) is 15.0. The molecule has 0 bridgehead atoms. The van der Waals surface area contributed by atoms with Crippen molar-refractivity contribution in [3.63, 3.8) is 0 Å². The molecule has 20 heavy (non-hydrogen) atoms. The summed E-state index contributed by atoms with van der Waals surface area (Å²) in [6, 6.07) is 6.92. The highest BCUT2D eigenvalue weighted by molar-refractivity contribution is 9.10. The van der Waals surface area contributed by atoms with E-state index in [9.17, 15) is 0 Å². The van der Waals surface area contributed by atoms with Gasteiger partial charge in [-0.25, -0.2) is 0 Å². The van der Waals surface area contributed by atoms with Crippen LogP contribution in [0, 0.1) is 6.92 Å². The zero-order valence-electron chi connectivity index (χ0n) is 13.2. The predicted molar refractivity (Wildman–Crippen MR) is 92.1 cm³/mol. The number of rotatable bonds is 9. The molecule has 0 aliphatic carbocycles. The molecule has 0 fully saturated rings. The van der Waals surface area contributed by atoms with E-state index in [0.717, 1.165) is 13.1 Å². The lowest BCUT2D eigenvalue weighted by molar-refractivity contribution is 0.195. The van der Waals surface area contributed by atoms with Crippen molar-refractivity contribution in [3.8, 4) is 0 Å². The maximum absolute atomic E-state index is 6.09. The van der Waals surface area contributed by atoms with E-state index in [1.54, 1.807) is 0 Å². The Bertz CT molecular complexity index is 385. The Labute approximate surface area is 132 Å². The second-order valence-electron chi connectivity index (χ2n) is 5.52. The molecule has 3 heteroatoms. The first-order valence-corrected chi connectivity index (χ1v) is 8.63. The lowest BCUT2D eigenvalue weighted by atomic mass is 10.0. The van der Waals surface area contributed by atoms with Gasteiger partial charge in [-0.15, -0.1) is 0 Å². The Kier molecular flexibility index (Phi) is 8.43. The van der Waals surface area contributed by atoms with Crippen LogP contribution in [0.5, 0.6) is 0 Å². The van der Waals surface area contributed by atoms with E-state index >= 15 is 0 Å². The van der Waals surface area contributed by atoms with Gasteiger partial charge < -0.3 is 5.73 Å². The van der Waals surface area contributed by atoms with Crippen LogP contribution in [0.15, 0.2) is 22.7 Å². The molecule has 0 spiro atoms. The smallest absolute Gasteiger partial charge is 0.0481 e. The van der Waals surface area contributed by atoms with Crippen molar-refractivity contribution in [2.75, 3.05) is 19.6 Å². The minimum atomic E-state index is 0.322. The normalized spacial score (nSPS) is 12.9. The number of aryl methyl sites for hydroxylation is 1. The van der Waals surface area contributed by atoms with Gasteiger partial charge in [0.15, 0.2) is 0 Å². The highest BCUT2D eigenvalue weighted by Gasteiger charge is 2.20. The monoisotopic (exact) mass is 340 g/mol. The number of hydrogen-bond acceptors (Lipinski definition) is 2. The van der Waals surface area contributed by atoms with Crippen LogP contribution in [0.2, 0.25) is 0 Å². The summed E-state index contributed by atoms with van der Waals surface area (Å²) in [6.45, 7) is 9.57. The fourth-order valence-corrected chi connectivity index (χ4v) is 3.28. The van der Waals surface area contributed by atoms with E-state index < -0.39 is 0 Å². The van der Waals surface area contributed by atoms with Gasteiger partial charge in [0.25, 0.3) is 0 Å². The summed E-state index contributed by atoms with van der Waals surface area (Å²) in [6.07, 6.45) is 4.94. The summed E-state index contributed by atoms with van der Waals surface area (Å²) < 4.78 is 1.19. The Morgan fingerprint density at radius 1 is 1.15 bits per heavy atom. The maximum Gasteiger partial charge on any atom is 0.0481 e. The second kappa shape index (κ2) is 9.54. The highest BCUT2D eigenvalue weighted by Crippen LogP contribution is 2.28. The molecule has 2 N–H and O–H groups in total. The third-order valence-electron chi connectivity index (χ3n) is 3.78. The predicted octanol–water partition coefficient (Wildman–Crippen LogP) is 4.66. The molecule has 2 nitrogen and oxygen atoms in total. The van der Waals surface area contributed by atoms with Crippen LogP contribution in [0.3, 0.4) is 0 Å². The average Bonchev–Trinajstić information content (AvgIpc) is 2.43. The number of halogens is 1. The van der Waals surface area contributed by atoms with Crippen molar-refractivity contribution >= 4 is 15.9 Å². The van der Waals surface area contributed by atoms with Crippen LogP contribution in [0.25, 0.3) is 0 Å². The molecule has 1 aromatic carbocycles. The first-order valence-electron chi connectivity index (χ1n) is 7.84. The third kappa shape index (κ3) is 5.19. The van der Waals surface area contributed by atoms with Crippen molar-refractivity contribution in [1.29, 1.82) is 0 Å². The fourth-order valence-electron chi connectivity index (χ4n) is 2.52. The first kappa shape index (κ1) is 17.7. The minimum absolute atomic E-state index is 0.322. The lowest BCUT2D eigenvalue weighted by Gasteiger charge is -2.32. The number of hydrogen-bond donors (Lipinski definition) is 1. The van der Waals surface area contributed by atoms with E-state index in [4.69, 9.17) is 5.73 Å². The molecule has 0 aliphatic rings. The van der Waals surface area contributed by atoms with E-state index in [1.807, 2.05) is 0 Å². The quantitative estimate of drug-likeness (QED) is 0.708. The Hall–Kier alpha value is -0.380. The van der Waals surface area contributed by atoms with Gasteiger partial charge in [-0.05, 0) is 50.0 Å². The molecule has 0 amide bonds. The fraction of sp³-hybridized carbons (Fsp3) is 0.647. The summed E-state index contributed by atoms with van der Waals surface area (Å²) >= 11 is 3.71. The van der Waals surface area contributed by atoms with Crippen LogP contribution >= 0.6 is 15.9 Å². The minimum Gasteiger partial charge on any atom is -0.329 e. The second-order valence-corrected chi connectivity index (χ2v) is 6.37. The first-order chi connectivity index (χ1) is 9.63. The Balaban J connectivity index is 2.92. The Morgan fingerprint density at radius 3 is 2.20 bits per heavy atom. The van der Waals surface area contributed by atoms with Crippen molar-refractivity contribution < 1.29 is 0 Å². The molecule has 1 unspecified atom stereocenters. The van der Waals surface area contributed by atoms with Crippen LogP contribution in [0.1, 0.15) is 56.7 Å². The highest BCUT2D eigenvalue weighted by atomic mass is 79.9. The molecular weight excluding hydrogens is 312 g/mol. The molecule has 1 atom stereocenters. The van der Waals surface area contributed by atoms with Gasteiger partial charge in [0.1, 0.15) is 0 Å². The Morgan fingerprint density at radius 2 is 1.75 bits per heavy atom. The van der Waals surface area contributed by atoms with E-state index in [1.165, 1.54) is 41.3 Å². The summed E-state index contributed by atoms with van der Waals surface area (Å²) in [4.78, 5) is 2.56. The SMILES string of the molecule is CCCCN(CCCC)C(CN)c1ccc(C)cc1Br. The van der Waals surface area contributed by atoms with E-state index in [2.05, 4.69) is 59.8 Å². The van der Waals surface area contributed by atoms with Crippen LogP contribution < -0.4 is 5.73 Å². The van der Waals surface area contributed by atoms with Crippen LogP contribution in [-0.4, -0.2) is 24.5 Å². The molecular formula is C17H29BrN2. The van der Waals surface area contributed by atoms with Crippen LogP contribution in [-0.2, 0) is 0 Å². The third-order valence-corrected chi connectivity index (χ3v) is 4.46. The van der Waals surface area contributed by atoms with Gasteiger partial charge in [-0.3, -0.25) is 4.90 Å². The van der Waals surface area contributed by atoms with Gasteiger partial charge in [-0.1, -0.05) is 54.8 Å². The average molecular weight is 341 g/mol. The van der Waals surface area contributed by atoms with Gasteiger partial charge in [0, 0.05) is 17.1 Å². The molecule has 114 valence electrons. The molecule has 1 rings (SSSR count). The summed E-state index contributed by atoms with van der Waals surface area (Å²) in [5.41, 5.74) is 8.70. The van der Waals surface area contributed by atoms with Crippen molar-refractivity contribution in [1.82, 2.24) is 4.90 Å². The number of nitrogens with two attached hydrogens (primary N) is 1. The topological polar surface area (TPSA) is 29.3 Å². The molecule has 0 heterocycles. The molecule has 0 radical (unpaired) electrons. The molecule has 0 saturated carbocycles. The molecule has 0 aliphatic heterocycles. The van der Waals surface area contributed by atoms with Crippen molar-refractivity contribution in [2.45, 2.75) is 52.5 Å².